The van der Waals surface area contributed by atoms with E-state index in [9.17, 15) is 18.3 Å². The van der Waals surface area contributed by atoms with Crippen LogP contribution in [0.3, 0.4) is 0 Å². The van der Waals surface area contributed by atoms with E-state index in [1.807, 2.05) is 18.2 Å². The van der Waals surface area contributed by atoms with E-state index in [-0.39, 0.29) is 23.8 Å². The average Bonchev–Trinajstić information content (AvgIpc) is 2.79. The highest BCUT2D eigenvalue weighted by atomic mass is 32.2. The molecule has 2 aliphatic heterocycles. The van der Waals surface area contributed by atoms with E-state index in [2.05, 4.69) is 5.32 Å². The monoisotopic (exact) mass is 373 g/mol. The number of benzene rings is 1. The molecule has 0 aromatic heterocycles. The van der Waals surface area contributed by atoms with Crippen LogP contribution < -0.4 is 14.8 Å². The minimum absolute atomic E-state index is 0.199. The van der Waals surface area contributed by atoms with Crippen LogP contribution in [0.1, 0.15) is 6.42 Å². The second kappa shape index (κ2) is 7.20. The number of amides is 1. The van der Waals surface area contributed by atoms with Crippen molar-refractivity contribution in [2.45, 2.75) is 23.5 Å². The zero-order valence-corrected chi connectivity index (χ0v) is 14.6. The number of ether oxygens (including phenoxy) is 2. The second-order valence-corrected chi connectivity index (χ2v) is 9.04. The smallest absolute Gasteiger partial charge is 0.221 e. The lowest BCUT2D eigenvalue weighted by Gasteiger charge is -2.18. The van der Waals surface area contributed by atoms with Crippen LogP contribution in [0.25, 0.3) is 0 Å². The number of hydrogen-bond donors (Lipinski definition) is 2. The molecule has 1 amide bonds. The third-order valence-electron chi connectivity index (χ3n) is 3.78. The highest BCUT2D eigenvalue weighted by Crippen LogP contribution is 2.34. The number of aliphatic hydroxyl groups excluding tert-OH is 1. The molecule has 3 rings (SSSR count). The highest BCUT2D eigenvalue weighted by Gasteiger charge is 2.37. The van der Waals surface area contributed by atoms with Crippen molar-refractivity contribution in [2.24, 2.45) is 0 Å². The summed E-state index contributed by atoms with van der Waals surface area (Å²) in [7, 11) is -3.26. The highest BCUT2D eigenvalue weighted by molar-refractivity contribution is 7.99. The Morgan fingerprint density at radius 3 is 2.71 bits per heavy atom. The van der Waals surface area contributed by atoms with Gasteiger partial charge in [0.05, 0.1) is 23.7 Å². The van der Waals surface area contributed by atoms with Crippen molar-refractivity contribution in [1.29, 1.82) is 0 Å². The number of carbonyl (C=O) groups excluding carboxylic acids is 1. The summed E-state index contributed by atoms with van der Waals surface area (Å²) in [5, 5.41) is 12.3. The number of thioether (sulfide) groups is 1. The fraction of sp³-hybridized carbons (Fsp3) is 0.533. The number of sulfone groups is 1. The first-order valence-corrected chi connectivity index (χ1v) is 10.4. The van der Waals surface area contributed by atoms with E-state index >= 15 is 0 Å². The summed E-state index contributed by atoms with van der Waals surface area (Å²) < 4.78 is 33.8. The molecule has 0 aliphatic carbocycles. The Balaban J connectivity index is 1.45. The quantitative estimate of drug-likeness (QED) is 0.712. The number of fused-ring (bicyclic) bond motifs is 1. The summed E-state index contributed by atoms with van der Waals surface area (Å²) in [4.78, 5) is 12.9. The van der Waals surface area contributed by atoms with Crippen molar-refractivity contribution in [3.8, 4) is 11.5 Å². The third-order valence-corrected chi connectivity index (χ3v) is 6.49. The molecular formula is C15H19NO6S2. The van der Waals surface area contributed by atoms with Crippen LogP contribution in [-0.4, -0.2) is 62.0 Å². The topological polar surface area (TPSA) is 102 Å². The van der Waals surface area contributed by atoms with Crippen LogP contribution in [-0.2, 0) is 14.6 Å². The molecule has 0 spiro atoms. The first-order valence-electron chi connectivity index (χ1n) is 7.63. The van der Waals surface area contributed by atoms with Gasteiger partial charge in [0.25, 0.3) is 0 Å². The number of rotatable bonds is 5. The van der Waals surface area contributed by atoms with Crippen molar-refractivity contribution < 1.29 is 27.8 Å². The Morgan fingerprint density at radius 2 is 2.00 bits per heavy atom. The number of hydrogen-bond acceptors (Lipinski definition) is 7. The van der Waals surface area contributed by atoms with Crippen LogP contribution in [0, 0.1) is 0 Å². The van der Waals surface area contributed by atoms with E-state index in [1.165, 1.54) is 11.8 Å². The van der Waals surface area contributed by atoms with E-state index in [0.29, 0.717) is 24.7 Å². The SMILES string of the molecule is O=C(CCSc1ccc2c(c1)OCCO2)N[C@@H]1CS(=O)(=O)C[C@H]1O. The first kappa shape index (κ1) is 17.4. The van der Waals surface area contributed by atoms with Crippen LogP contribution >= 0.6 is 11.8 Å². The Kier molecular flexibility index (Phi) is 5.21. The van der Waals surface area contributed by atoms with Gasteiger partial charge in [-0.2, -0.15) is 0 Å². The second-order valence-electron chi connectivity index (χ2n) is 5.72. The molecule has 7 nitrogen and oxygen atoms in total. The van der Waals surface area contributed by atoms with Gasteiger partial charge in [-0.1, -0.05) is 0 Å². The Hall–Kier alpha value is -1.45. The number of carbonyl (C=O) groups is 1. The van der Waals surface area contributed by atoms with E-state index in [0.717, 1.165) is 10.6 Å². The molecule has 0 unspecified atom stereocenters. The van der Waals surface area contributed by atoms with Gasteiger partial charge in [-0.05, 0) is 18.2 Å². The number of aliphatic hydroxyl groups is 1. The summed E-state index contributed by atoms with van der Waals surface area (Å²) >= 11 is 1.50. The predicted octanol–water partition coefficient (Wildman–Crippen LogP) is 0.214. The minimum atomic E-state index is -3.26. The maximum Gasteiger partial charge on any atom is 0.221 e. The minimum Gasteiger partial charge on any atom is -0.486 e. The fourth-order valence-electron chi connectivity index (χ4n) is 2.62. The zero-order chi connectivity index (χ0) is 17.2. The van der Waals surface area contributed by atoms with Crippen LogP contribution in [0.15, 0.2) is 23.1 Å². The molecule has 9 heteroatoms. The van der Waals surface area contributed by atoms with Crippen LogP contribution in [0.5, 0.6) is 11.5 Å². The van der Waals surface area contributed by atoms with Crippen molar-refractivity contribution in [3.63, 3.8) is 0 Å². The van der Waals surface area contributed by atoms with Crippen LogP contribution in [0.4, 0.5) is 0 Å². The van der Waals surface area contributed by atoms with Crippen molar-refractivity contribution >= 4 is 27.5 Å². The molecule has 1 saturated heterocycles. The fourth-order valence-corrected chi connectivity index (χ4v) is 5.24. The summed E-state index contributed by atoms with van der Waals surface area (Å²) in [6.07, 6.45) is -0.785. The molecule has 2 aliphatic rings. The summed E-state index contributed by atoms with van der Waals surface area (Å²) in [6, 6.07) is 4.92. The average molecular weight is 373 g/mol. The van der Waals surface area contributed by atoms with E-state index in [1.54, 1.807) is 0 Å². The van der Waals surface area contributed by atoms with Gasteiger partial charge >= 0.3 is 0 Å². The lowest BCUT2D eigenvalue weighted by molar-refractivity contribution is -0.121. The number of nitrogens with one attached hydrogen (secondary N) is 1. The van der Waals surface area contributed by atoms with Crippen LogP contribution in [0.2, 0.25) is 0 Å². The Labute approximate surface area is 144 Å². The maximum atomic E-state index is 11.9. The summed E-state index contributed by atoms with van der Waals surface area (Å²) in [5.74, 6) is 1.22. The maximum absolute atomic E-state index is 11.9. The van der Waals surface area contributed by atoms with Gasteiger partial charge in [-0.25, -0.2) is 8.42 Å². The molecule has 2 N–H and O–H groups in total. The Morgan fingerprint density at radius 1 is 1.25 bits per heavy atom. The van der Waals surface area contributed by atoms with Gasteiger partial charge in [-0.15, -0.1) is 11.8 Å². The lowest BCUT2D eigenvalue weighted by Crippen LogP contribution is -2.42. The largest absolute Gasteiger partial charge is 0.486 e. The molecule has 0 saturated carbocycles. The molecule has 1 aromatic carbocycles. The van der Waals surface area contributed by atoms with Gasteiger partial charge in [-0.3, -0.25) is 4.79 Å². The molecule has 0 bridgehead atoms. The predicted molar refractivity (Wildman–Crippen MR) is 89.4 cm³/mol. The van der Waals surface area contributed by atoms with Gasteiger partial charge in [0.1, 0.15) is 13.2 Å². The summed E-state index contributed by atoms with van der Waals surface area (Å²) in [5.41, 5.74) is 0. The van der Waals surface area contributed by atoms with Gasteiger partial charge in [0, 0.05) is 17.1 Å². The molecule has 2 atom stereocenters. The van der Waals surface area contributed by atoms with Gasteiger partial charge in [0.15, 0.2) is 21.3 Å². The zero-order valence-electron chi connectivity index (χ0n) is 12.9. The van der Waals surface area contributed by atoms with E-state index in [4.69, 9.17) is 9.47 Å². The van der Waals surface area contributed by atoms with Crippen molar-refractivity contribution in [1.82, 2.24) is 5.32 Å². The standard InChI is InChI=1S/C15H19NO6S2/c17-12-9-24(19,20)8-11(12)16-15(18)3-6-23-10-1-2-13-14(7-10)22-5-4-21-13/h1-2,7,11-12,17H,3-6,8-9H2,(H,16,18)/t11-,12-/m1/s1. The Bertz CT molecular complexity index is 721. The molecular weight excluding hydrogens is 354 g/mol. The molecule has 1 aromatic rings. The molecule has 0 radical (unpaired) electrons. The van der Waals surface area contributed by atoms with Gasteiger partial charge in [0.2, 0.25) is 5.91 Å². The van der Waals surface area contributed by atoms with Gasteiger partial charge < -0.3 is 19.9 Å². The van der Waals surface area contributed by atoms with E-state index < -0.39 is 22.0 Å². The molecule has 2 heterocycles. The lowest BCUT2D eigenvalue weighted by atomic mass is 10.2. The van der Waals surface area contributed by atoms with Crippen molar-refractivity contribution in [3.05, 3.63) is 18.2 Å². The molecule has 132 valence electrons. The summed E-state index contributed by atoms with van der Waals surface area (Å²) in [6.45, 7) is 1.07. The molecule has 24 heavy (non-hydrogen) atoms. The molecule has 1 fully saturated rings. The first-order chi connectivity index (χ1) is 11.4. The normalized spacial score (nSPS) is 24.5. The van der Waals surface area contributed by atoms with Crippen molar-refractivity contribution in [2.75, 3.05) is 30.5 Å². The third kappa shape index (κ3) is 4.34.